The summed E-state index contributed by atoms with van der Waals surface area (Å²) in [5, 5.41) is 0. The van der Waals surface area contributed by atoms with Crippen LogP contribution in [-0.2, 0) is 20.2 Å². The van der Waals surface area contributed by atoms with E-state index in [1.807, 2.05) is 0 Å². The van der Waals surface area contributed by atoms with Crippen molar-refractivity contribution < 1.29 is 35.4 Å². The number of unbranched alkanes of at least 4 members (excludes halogenated alkanes) is 3. The topological polar surface area (TPSA) is 133 Å². The normalized spacial score (nSPS) is 11.9. The van der Waals surface area contributed by atoms with Crippen LogP contribution in [0.1, 0.15) is 25.7 Å². The van der Waals surface area contributed by atoms with Gasteiger partial charge in [0.1, 0.15) is 31.7 Å². The van der Waals surface area contributed by atoms with E-state index < -0.39 is 20.2 Å². The molecule has 0 aromatic heterocycles. The highest BCUT2D eigenvalue weighted by molar-refractivity contribution is 7.86. The number of hydrogen-bond donors (Lipinski definition) is 0. The first kappa shape index (κ1) is 22.2. The zero-order chi connectivity index (χ0) is 20.6. The van der Waals surface area contributed by atoms with Crippen molar-refractivity contribution in [3.05, 3.63) is 48.5 Å². The second-order valence-electron chi connectivity index (χ2n) is 5.96. The summed E-state index contributed by atoms with van der Waals surface area (Å²) in [6.07, 6.45) is 3.42. The molecule has 2 aromatic carbocycles. The number of ether oxygens (including phenoxy) is 2. The van der Waals surface area contributed by atoms with E-state index in [2.05, 4.69) is 0 Å². The minimum absolute atomic E-state index is 0.288. The van der Waals surface area contributed by atoms with Gasteiger partial charge in [0.05, 0.1) is 23.0 Å². The predicted octanol–water partition coefficient (Wildman–Crippen LogP) is 2.51. The molecule has 0 amide bonds. The average molecular weight is 428 g/mol. The molecule has 0 saturated heterocycles. The average Bonchev–Trinajstić information content (AvgIpc) is 2.63. The SMILES string of the molecule is O=S(=O)([O-])c1ccc(OCCCCCCOc2ccc(S(=O)(=O)[O-])cc2)cc1. The fourth-order valence-electron chi connectivity index (χ4n) is 2.34. The second-order valence-corrected chi connectivity index (χ2v) is 8.72. The summed E-state index contributed by atoms with van der Waals surface area (Å²) < 4.78 is 76.0. The first-order chi connectivity index (χ1) is 13.2. The van der Waals surface area contributed by atoms with Gasteiger partial charge in [-0.15, -0.1) is 0 Å². The summed E-state index contributed by atoms with van der Waals surface area (Å²) in [6, 6.07) is 10.7. The molecule has 0 atom stereocenters. The molecule has 10 heteroatoms. The van der Waals surface area contributed by atoms with E-state index >= 15 is 0 Å². The van der Waals surface area contributed by atoms with Crippen molar-refractivity contribution in [3.8, 4) is 11.5 Å². The van der Waals surface area contributed by atoms with Gasteiger partial charge in [-0.2, -0.15) is 0 Å². The molecule has 0 unspecified atom stereocenters. The predicted molar refractivity (Wildman–Crippen MR) is 98.3 cm³/mol. The second kappa shape index (κ2) is 9.87. The highest BCUT2D eigenvalue weighted by Crippen LogP contribution is 2.17. The summed E-state index contributed by atoms with van der Waals surface area (Å²) >= 11 is 0. The van der Waals surface area contributed by atoms with Gasteiger partial charge in [0.25, 0.3) is 0 Å². The quantitative estimate of drug-likeness (QED) is 0.394. The van der Waals surface area contributed by atoms with E-state index in [9.17, 15) is 25.9 Å². The Kier molecular flexibility index (Phi) is 7.81. The molecule has 0 aliphatic carbocycles. The van der Waals surface area contributed by atoms with Crippen LogP contribution in [0.15, 0.2) is 58.3 Å². The molecule has 28 heavy (non-hydrogen) atoms. The lowest BCUT2D eigenvalue weighted by Crippen LogP contribution is -2.01. The molecule has 0 saturated carbocycles. The number of rotatable bonds is 11. The van der Waals surface area contributed by atoms with Crippen molar-refractivity contribution in [2.45, 2.75) is 35.5 Å². The molecule has 0 fully saturated rings. The van der Waals surface area contributed by atoms with Gasteiger partial charge >= 0.3 is 0 Å². The zero-order valence-electron chi connectivity index (χ0n) is 14.9. The molecule has 0 heterocycles. The Morgan fingerprint density at radius 2 is 0.893 bits per heavy atom. The molecule has 0 N–H and O–H groups in total. The van der Waals surface area contributed by atoms with E-state index in [0.717, 1.165) is 25.7 Å². The van der Waals surface area contributed by atoms with Crippen molar-refractivity contribution in [3.63, 3.8) is 0 Å². The highest BCUT2D eigenvalue weighted by Gasteiger charge is 2.02. The molecule has 0 aliphatic heterocycles. The first-order valence-corrected chi connectivity index (χ1v) is 11.4. The molecule has 0 aliphatic rings. The maximum Gasteiger partial charge on any atom is 0.124 e. The molecule has 2 aromatic rings. The van der Waals surface area contributed by atoms with Gasteiger partial charge in [-0.1, -0.05) is 0 Å². The fourth-order valence-corrected chi connectivity index (χ4v) is 3.28. The smallest absolute Gasteiger partial charge is 0.124 e. The van der Waals surface area contributed by atoms with Crippen LogP contribution in [0, 0.1) is 0 Å². The Bertz CT molecular complexity index is 868. The van der Waals surface area contributed by atoms with Gasteiger partial charge in [0.2, 0.25) is 0 Å². The van der Waals surface area contributed by atoms with E-state index in [0.29, 0.717) is 24.7 Å². The van der Waals surface area contributed by atoms with E-state index in [1.165, 1.54) is 48.5 Å². The van der Waals surface area contributed by atoms with Crippen molar-refractivity contribution in [2.75, 3.05) is 13.2 Å². The maximum atomic E-state index is 10.8. The lowest BCUT2D eigenvalue weighted by atomic mass is 10.2. The Morgan fingerprint density at radius 1 is 0.571 bits per heavy atom. The standard InChI is InChI=1S/C18H22O8S2/c19-27(20,21)17-9-5-15(6-10-17)25-13-3-1-2-4-14-26-16-7-11-18(12-8-16)28(22,23)24/h5-12H,1-4,13-14H2,(H,19,20,21)(H,22,23,24)/p-2. The molecule has 0 bridgehead atoms. The fraction of sp³-hybridized carbons (Fsp3) is 0.333. The van der Waals surface area contributed by atoms with Crippen molar-refractivity contribution in [2.24, 2.45) is 0 Å². The van der Waals surface area contributed by atoms with Crippen LogP contribution in [0.25, 0.3) is 0 Å². The third-order valence-electron chi connectivity index (χ3n) is 3.80. The van der Waals surface area contributed by atoms with Crippen molar-refractivity contribution in [1.29, 1.82) is 0 Å². The monoisotopic (exact) mass is 428 g/mol. The Labute approximate surface area is 164 Å². The van der Waals surface area contributed by atoms with Crippen LogP contribution in [-0.4, -0.2) is 39.2 Å². The molecule has 0 spiro atoms. The lowest BCUT2D eigenvalue weighted by Gasteiger charge is -2.10. The third kappa shape index (κ3) is 7.47. The minimum atomic E-state index is -4.44. The first-order valence-electron chi connectivity index (χ1n) is 8.54. The minimum Gasteiger partial charge on any atom is -0.744 e. The van der Waals surface area contributed by atoms with Crippen LogP contribution >= 0.6 is 0 Å². The van der Waals surface area contributed by atoms with Gasteiger partial charge in [-0.3, -0.25) is 0 Å². The van der Waals surface area contributed by atoms with Gasteiger partial charge in [-0.05, 0) is 74.2 Å². The van der Waals surface area contributed by atoms with Gasteiger partial charge in [0.15, 0.2) is 0 Å². The summed E-state index contributed by atoms with van der Waals surface area (Å²) in [4.78, 5) is -0.576. The van der Waals surface area contributed by atoms with E-state index in [1.54, 1.807) is 0 Å². The van der Waals surface area contributed by atoms with Gasteiger partial charge in [0, 0.05) is 0 Å². The molecule has 8 nitrogen and oxygen atoms in total. The molecular formula is C18H20O8S2-2. The van der Waals surface area contributed by atoms with Gasteiger partial charge < -0.3 is 18.6 Å². The Balaban J connectivity index is 1.57. The van der Waals surface area contributed by atoms with Crippen LogP contribution in [0.2, 0.25) is 0 Å². The number of hydrogen-bond acceptors (Lipinski definition) is 8. The number of benzene rings is 2. The summed E-state index contributed by atoms with van der Waals surface area (Å²) in [6.45, 7) is 0.935. The van der Waals surface area contributed by atoms with E-state index in [-0.39, 0.29) is 9.79 Å². The summed E-state index contributed by atoms with van der Waals surface area (Å²) in [5.74, 6) is 0.999. The summed E-state index contributed by atoms with van der Waals surface area (Å²) in [7, 11) is -8.89. The largest absolute Gasteiger partial charge is 0.744 e. The van der Waals surface area contributed by atoms with Gasteiger partial charge in [-0.25, -0.2) is 16.8 Å². The molecular weight excluding hydrogens is 408 g/mol. The molecule has 2 rings (SSSR count). The lowest BCUT2D eigenvalue weighted by molar-refractivity contribution is 0.287. The molecule has 154 valence electrons. The Morgan fingerprint density at radius 3 is 1.18 bits per heavy atom. The zero-order valence-corrected chi connectivity index (χ0v) is 16.6. The van der Waals surface area contributed by atoms with Crippen LogP contribution in [0.4, 0.5) is 0 Å². The van der Waals surface area contributed by atoms with Crippen LogP contribution < -0.4 is 9.47 Å². The van der Waals surface area contributed by atoms with Crippen LogP contribution in [0.5, 0.6) is 11.5 Å². The Hall–Kier alpha value is -2.14. The van der Waals surface area contributed by atoms with Crippen molar-refractivity contribution in [1.82, 2.24) is 0 Å². The van der Waals surface area contributed by atoms with Crippen LogP contribution in [0.3, 0.4) is 0 Å². The molecule has 0 radical (unpaired) electrons. The maximum absolute atomic E-state index is 10.8. The third-order valence-corrected chi connectivity index (χ3v) is 5.50. The van der Waals surface area contributed by atoms with E-state index in [4.69, 9.17) is 9.47 Å². The van der Waals surface area contributed by atoms with Crippen molar-refractivity contribution >= 4 is 20.2 Å². The summed E-state index contributed by atoms with van der Waals surface area (Å²) in [5.41, 5.74) is 0. The highest BCUT2D eigenvalue weighted by atomic mass is 32.2.